The molecule has 0 bridgehead atoms. The molecule has 0 radical (unpaired) electrons. The van der Waals surface area contributed by atoms with Gasteiger partial charge < -0.3 is 15.4 Å². The molecule has 0 aliphatic carbocycles. The van der Waals surface area contributed by atoms with Gasteiger partial charge in [-0.1, -0.05) is 19.1 Å². The van der Waals surface area contributed by atoms with Crippen LogP contribution in [0.25, 0.3) is 11.1 Å². The molecule has 4 nitrogen and oxygen atoms in total. The number of hydrogen-bond donors (Lipinski definition) is 2. The van der Waals surface area contributed by atoms with Crippen molar-refractivity contribution in [3.8, 4) is 16.9 Å². The molecule has 2 aromatic rings. The highest BCUT2D eigenvalue weighted by Gasteiger charge is 2.21. The summed E-state index contributed by atoms with van der Waals surface area (Å²) in [6, 6.07) is 10.2. The van der Waals surface area contributed by atoms with Gasteiger partial charge in [-0.05, 0) is 72.5 Å². The number of halogens is 1. The zero-order valence-corrected chi connectivity index (χ0v) is 17.6. The van der Waals surface area contributed by atoms with Gasteiger partial charge in [0, 0.05) is 11.3 Å². The van der Waals surface area contributed by atoms with Gasteiger partial charge in [0.1, 0.15) is 5.75 Å². The number of hydrogen-bond acceptors (Lipinski definition) is 4. The molecule has 1 aromatic heterocycles. The average Bonchev–Trinajstić information content (AvgIpc) is 3.16. The van der Waals surface area contributed by atoms with E-state index in [9.17, 15) is 4.79 Å². The lowest BCUT2D eigenvalue weighted by Gasteiger charge is -2.27. The van der Waals surface area contributed by atoms with Crippen LogP contribution in [0.5, 0.6) is 5.75 Å². The minimum absolute atomic E-state index is 0. The van der Waals surface area contributed by atoms with Gasteiger partial charge in [0.05, 0.1) is 13.7 Å². The van der Waals surface area contributed by atoms with Crippen LogP contribution in [-0.2, 0) is 11.3 Å². The van der Waals surface area contributed by atoms with Gasteiger partial charge in [0.25, 0.3) is 0 Å². The van der Waals surface area contributed by atoms with E-state index in [2.05, 4.69) is 41.1 Å². The molecule has 148 valence electrons. The Labute approximate surface area is 172 Å². The Morgan fingerprint density at radius 2 is 1.96 bits per heavy atom. The van der Waals surface area contributed by atoms with E-state index >= 15 is 0 Å². The molecule has 3 rings (SSSR count). The van der Waals surface area contributed by atoms with Gasteiger partial charge >= 0.3 is 0 Å². The molecule has 1 aromatic carbocycles. The Balaban J connectivity index is 0.00000261. The van der Waals surface area contributed by atoms with Crippen LogP contribution in [0.15, 0.2) is 35.7 Å². The first-order chi connectivity index (χ1) is 12.7. The van der Waals surface area contributed by atoms with E-state index in [1.165, 1.54) is 28.8 Å². The Morgan fingerprint density at radius 1 is 1.26 bits per heavy atom. The summed E-state index contributed by atoms with van der Waals surface area (Å²) in [6.07, 6.45) is 3.00. The number of nitrogens with one attached hydrogen (secondary N) is 2. The summed E-state index contributed by atoms with van der Waals surface area (Å²) in [5, 5.41) is 8.61. The van der Waals surface area contributed by atoms with Crippen molar-refractivity contribution in [1.82, 2.24) is 10.6 Å². The van der Waals surface area contributed by atoms with E-state index in [0.717, 1.165) is 18.8 Å². The van der Waals surface area contributed by atoms with Crippen molar-refractivity contribution in [3.63, 3.8) is 0 Å². The van der Waals surface area contributed by atoms with Crippen LogP contribution in [0.3, 0.4) is 0 Å². The molecule has 1 aliphatic heterocycles. The maximum absolute atomic E-state index is 12.3. The third kappa shape index (κ3) is 6.23. The summed E-state index contributed by atoms with van der Waals surface area (Å²) in [5.41, 5.74) is 2.35. The Hall–Kier alpha value is -1.56. The van der Waals surface area contributed by atoms with E-state index < -0.39 is 0 Å². The van der Waals surface area contributed by atoms with Crippen molar-refractivity contribution in [3.05, 3.63) is 40.6 Å². The van der Waals surface area contributed by atoms with E-state index in [4.69, 9.17) is 4.74 Å². The SMILES string of the molecule is COc1ccc(-c2csc(CNC(=O)CC(C)C3CCNCC3)c2)cc1.Cl. The van der Waals surface area contributed by atoms with Crippen LogP contribution in [-0.4, -0.2) is 26.1 Å². The van der Waals surface area contributed by atoms with Gasteiger partial charge in [-0.3, -0.25) is 4.79 Å². The molecular formula is C21H29ClN2O2S. The maximum Gasteiger partial charge on any atom is 0.220 e. The lowest BCUT2D eigenvalue weighted by molar-refractivity contribution is -0.122. The number of thiophene rings is 1. The second-order valence-corrected chi connectivity index (χ2v) is 8.07. The summed E-state index contributed by atoms with van der Waals surface area (Å²) >= 11 is 1.69. The predicted octanol–water partition coefficient (Wildman–Crippen LogP) is 4.49. The number of rotatable bonds is 7. The second kappa shape index (κ2) is 10.7. The molecule has 0 saturated carbocycles. The predicted molar refractivity (Wildman–Crippen MR) is 115 cm³/mol. The fourth-order valence-corrected chi connectivity index (χ4v) is 4.37. The maximum atomic E-state index is 12.3. The number of ether oxygens (including phenoxy) is 1. The largest absolute Gasteiger partial charge is 0.497 e. The summed E-state index contributed by atoms with van der Waals surface area (Å²) in [6.45, 7) is 4.99. The monoisotopic (exact) mass is 408 g/mol. The highest BCUT2D eigenvalue weighted by molar-refractivity contribution is 7.10. The second-order valence-electron chi connectivity index (χ2n) is 7.08. The number of piperidine rings is 1. The number of carbonyl (C=O) groups is 1. The molecule has 2 N–H and O–H groups in total. The van der Waals surface area contributed by atoms with Gasteiger partial charge in [-0.15, -0.1) is 23.7 Å². The van der Waals surface area contributed by atoms with Crippen LogP contribution in [0.1, 0.15) is 31.1 Å². The quantitative estimate of drug-likeness (QED) is 0.709. The standard InChI is InChI=1S/C21H28N2O2S.ClH/c1-15(16-7-9-22-10-8-16)11-21(24)23-13-20-12-18(14-26-20)17-3-5-19(25-2)6-4-17;/h3-6,12,14-16,22H,7-11,13H2,1-2H3,(H,23,24);1H. The molecule has 1 aliphatic rings. The lowest BCUT2D eigenvalue weighted by Crippen LogP contribution is -2.33. The van der Waals surface area contributed by atoms with Crippen molar-refractivity contribution >= 4 is 29.7 Å². The molecule has 1 unspecified atom stereocenters. The molecule has 1 saturated heterocycles. The lowest BCUT2D eigenvalue weighted by atomic mass is 9.84. The Kier molecular flexibility index (Phi) is 8.61. The first-order valence-corrected chi connectivity index (χ1v) is 10.2. The third-order valence-electron chi connectivity index (χ3n) is 5.23. The van der Waals surface area contributed by atoms with E-state index in [0.29, 0.717) is 24.8 Å². The first kappa shape index (κ1) is 21.7. The zero-order valence-electron chi connectivity index (χ0n) is 16.0. The van der Waals surface area contributed by atoms with Gasteiger partial charge in [-0.2, -0.15) is 0 Å². The zero-order chi connectivity index (χ0) is 18.4. The molecule has 6 heteroatoms. The van der Waals surface area contributed by atoms with Crippen LogP contribution in [0.4, 0.5) is 0 Å². The van der Waals surface area contributed by atoms with E-state index in [1.54, 1.807) is 18.4 Å². The van der Waals surface area contributed by atoms with Crippen molar-refractivity contribution < 1.29 is 9.53 Å². The molecule has 1 atom stereocenters. The van der Waals surface area contributed by atoms with Crippen LogP contribution >= 0.6 is 23.7 Å². The van der Waals surface area contributed by atoms with E-state index in [1.807, 2.05) is 12.1 Å². The van der Waals surface area contributed by atoms with Crippen LogP contribution in [0.2, 0.25) is 0 Å². The highest BCUT2D eigenvalue weighted by Crippen LogP contribution is 2.27. The van der Waals surface area contributed by atoms with E-state index in [-0.39, 0.29) is 18.3 Å². The average molecular weight is 409 g/mol. The summed E-state index contributed by atoms with van der Waals surface area (Å²) in [7, 11) is 1.67. The topological polar surface area (TPSA) is 50.4 Å². The summed E-state index contributed by atoms with van der Waals surface area (Å²) < 4.78 is 5.20. The number of carbonyl (C=O) groups excluding carboxylic acids is 1. The number of amides is 1. The van der Waals surface area contributed by atoms with Crippen molar-refractivity contribution in [1.29, 1.82) is 0 Å². The first-order valence-electron chi connectivity index (χ1n) is 9.35. The third-order valence-corrected chi connectivity index (χ3v) is 6.17. The number of benzene rings is 1. The Morgan fingerprint density at radius 3 is 2.63 bits per heavy atom. The van der Waals surface area contributed by atoms with Crippen molar-refractivity contribution in [2.24, 2.45) is 11.8 Å². The molecule has 0 spiro atoms. The van der Waals surface area contributed by atoms with Crippen molar-refractivity contribution in [2.45, 2.75) is 32.7 Å². The van der Waals surface area contributed by atoms with Crippen LogP contribution < -0.4 is 15.4 Å². The minimum atomic E-state index is 0. The minimum Gasteiger partial charge on any atom is -0.497 e. The van der Waals surface area contributed by atoms with Crippen molar-refractivity contribution in [2.75, 3.05) is 20.2 Å². The normalized spacial score (nSPS) is 15.6. The molecule has 2 heterocycles. The molecule has 1 fully saturated rings. The van der Waals surface area contributed by atoms with Crippen LogP contribution in [0, 0.1) is 11.8 Å². The van der Waals surface area contributed by atoms with Gasteiger partial charge in [0.15, 0.2) is 0 Å². The smallest absolute Gasteiger partial charge is 0.220 e. The summed E-state index contributed by atoms with van der Waals surface area (Å²) in [5.74, 6) is 2.15. The van der Waals surface area contributed by atoms with Gasteiger partial charge in [0.2, 0.25) is 5.91 Å². The molecule has 1 amide bonds. The molecular weight excluding hydrogens is 380 g/mol. The van der Waals surface area contributed by atoms with Gasteiger partial charge in [-0.25, -0.2) is 0 Å². The Bertz CT molecular complexity index is 711. The fraction of sp³-hybridized carbons (Fsp3) is 0.476. The molecule has 27 heavy (non-hydrogen) atoms. The summed E-state index contributed by atoms with van der Waals surface area (Å²) in [4.78, 5) is 13.5. The number of methoxy groups -OCH3 is 1. The fourth-order valence-electron chi connectivity index (χ4n) is 3.54. The highest BCUT2D eigenvalue weighted by atomic mass is 35.5.